The Hall–Kier alpha value is -0.0400. The zero-order chi connectivity index (χ0) is 10.6. The number of hydrogen-bond acceptors (Lipinski definition) is 1. The second kappa shape index (κ2) is 5.75. The van der Waals surface area contributed by atoms with Crippen molar-refractivity contribution in [2.45, 2.75) is 65.3 Å². The van der Waals surface area contributed by atoms with E-state index < -0.39 is 0 Å². The van der Waals surface area contributed by atoms with E-state index in [1.165, 1.54) is 38.5 Å². The molecule has 0 aromatic carbocycles. The summed E-state index contributed by atoms with van der Waals surface area (Å²) in [6.45, 7) is 6.95. The molecule has 1 aliphatic carbocycles. The van der Waals surface area contributed by atoms with Gasteiger partial charge in [-0.05, 0) is 37.0 Å². The zero-order valence-electron chi connectivity index (χ0n) is 10.1. The highest BCUT2D eigenvalue weighted by Crippen LogP contribution is 2.32. The highest BCUT2D eigenvalue weighted by atomic mass is 14.7. The molecule has 84 valence electrons. The van der Waals surface area contributed by atoms with Gasteiger partial charge in [-0.15, -0.1) is 0 Å². The highest BCUT2D eigenvalue weighted by molar-refractivity contribution is 4.81. The second-order valence-corrected chi connectivity index (χ2v) is 5.36. The first-order chi connectivity index (χ1) is 6.65. The molecule has 0 heterocycles. The Morgan fingerprint density at radius 1 is 1.21 bits per heavy atom. The van der Waals surface area contributed by atoms with E-state index in [1.54, 1.807) is 0 Å². The van der Waals surface area contributed by atoms with Gasteiger partial charge < -0.3 is 5.73 Å². The highest BCUT2D eigenvalue weighted by Gasteiger charge is 2.26. The van der Waals surface area contributed by atoms with Crippen molar-refractivity contribution in [3.05, 3.63) is 0 Å². The molecule has 0 spiro atoms. The predicted octanol–water partition coefficient (Wildman–Crippen LogP) is 3.58. The summed E-state index contributed by atoms with van der Waals surface area (Å²) < 4.78 is 0. The smallest absolute Gasteiger partial charge is 0.00929 e. The summed E-state index contributed by atoms with van der Waals surface area (Å²) in [4.78, 5) is 0. The first-order valence-corrected chi connectivity index (χ1v) is 6.40. The largest absolute Gasteiger partial charge is 0.327 e. The summed E-state index contributed by atoms with van der Waals surface area (Å²) in [5.41, 5.74) is 6.32. The molecule has 1 saturated carbocycles. The lowest BCUT2D eigenvalue weighted by molar-refractivity contribution is 0.213. The van der Waals surface area contributed by atoms with Crippen LogP contribution in [0, 0.1) is 17.8 Å². The van der Waals surface area contributed by atoms with Crippen LogP contribution >= 0.6 is 0 Å². The second-order valence-electron chi connectivity index (χ2n) is 5.36. The van der Waals surface area contributed by atoms with Gasteiger partial charge in [0.05, 0.1) is 0 Å². The summed E-state index contributed by atoms with van der Waals surface area (Å²) in [7, 11) is 0. The third kappa shape index (κ3) is 3.27. The lowest BCUT2D eigenvalue weighted by Gasteiger charge is -2.33. The van der Waals surface area contributed by atoms with Crippen LogP contribution in [0.15, 0.2) is 0 Å². The quantitative estimate of drug-likeness (QED) is 0.732. The van der Waals surface area contributed by atoms with Crippen molar-refractivity contribution < 1.29 is 0 Å². The van der Waals surface area contributed by atoms with Crippen LogP contribution in [0.2, 0.25) is 0 Å². The Balaban J connectivity index is 2.33. The van der Waals surface area contributed by atoms with E-state index in [-0.39, 0.29) is 0 Å². The monoisotopic (exact) mass is 197 g/mol. The van der Waals surface area contributed by atoms with Gasteiger partial charge in [0.2, 0.25) is 0 Å². The molecular formula is C13H27N. The van der Waals surface area contributed by atoms with Crippen LogP contribution in [0.5, 0.6) is 0 Å². The van der Waals surface area contributed by atoms with Gasteiger partial charge in [-0.3, -0.25) is 0 Å². The van der Waals surface area contributed by atoms with Crippen LogP contribution in [-0.4, -0.2) is 6.04 Å². The molecule has 1 fully saturated rings. The number of rotatable bonds is 4. The molecule has 1 nitrogen and oxygen atoms in total. The maximum Gasteiger partial charge on any atom is 0.00929 e. The molecule has 0 aliphatic heterocycles. The van der Waals surface area contributed by atoms with Crippen molar-refractivity contribution in [3.8, 4) is 0 Å². The van der Waals surface area contributed by atoms with Gasteiger partial charge in [0, 0.05) is 6.04 Å². The van der Waals surface area contributed by atoms with Crippen molar-refractivity contribution in [3.63, 3.8) is 0 Å². The van der Waals surface area contributed by atoms with Crippen LogP contribution in [0.1, 0.15) is 59.3 Å². The minimum absolute atomic E-state index is 0.461. The Bertz CT molecular complexity index is 147. The van der Waals surface area contributed by atoms with Gasteiger partial charge in [0.25, 0.3) is 0 Å². The van der Waals surface area contributed by atoms with Gasteiger partial charge in [0.15, 0.2) is 0 Å². The molecule has 2 N–H and O–H groups in total. The molecule has 0 aromatic rings. The third-order valence-corrected chi connectivity index (χ3v) is 4.01. The lowest BCUT2D eigenvalue weighted by atomic mass is 9.75. The molecule has 14 heavy (non-hydrogen) atoms. The van der Waals surface area contributed by atoms with Crippen LogP contribution in [0.4, 0.5) is 0 Å². The topological polar surface area (TPSA) is 26.0 Å². The van der Waals surface area contributed by atoms with Crippen molar-refractivity contribution in [2.24, 2.45) is 23.5 Å². The molecule has 1 rings (SSSR count). The standard InChI is InChI=1S/C13H27N/c1-4-5-11(3)13(14)12-8-6-10(2)7-9-12/h10-13H,4-9,14H2,1-3H3. The van der Waals surface area contributed by atoms with Gasteiger partial charge in [0.1, 0.15) is 0 Å². The average molecular weight is 197 g/mol. The first-order valence-electron chi connectivity index (χ1n) is 6.40. The number of nitrogens with two attached hydrogens (primary N) is 1. The Kier molecular flexibility index (Phi) is 4.94. The summed E-state index contributed by atoms with van der Waals surface area (Å²) in [6.07, 6.45) is 8.12. The molecule has 0 saturated heterocycles. The van der Waals surface area contributed by atoms with E-state index in [1.807, 2.05) is 0 Å². The Morgan fingerprint density at radius 2 is 1.79 bits per heavy atom. The zero-order valence-corrected chi connectivity index (χ0v) is 10.1. The summed E-state index contributed by atoms with van der Waals surface area (Å²) in [5.74, 6) is 2.48. The normalized spacial score (nSPS) is 32.6. The van der Waals surface area contributed by atoms with Crippen molar-refractivity contribution in [1.82, 2.24) is 0 Å². The van der Waals surface area contributed by atoms with Gasteiger partial charge in [-0.25, -0.2) is 0 Å². The maximum absolute atomic E-state index is 6.32. The summed E-state index contributed by atoms with van der Waals surface area (Å²) >= 11 is 0. The van der Waals surface area contributed by atoms with Crippen LogP contribution in [-0.2, 0) is 0 Å². The maximum atomic E-state index is 6.32. The van der Waals surface area contributed by atoms with Crippen molar-refractivity contribution >= 4 is 0 Å². The minimum atomic E-state index is 0.461. The fraction of sp³-hybridized carbons (Fsp3) is 1.00. The van der Waals surface area contributed by atoms with Gasteiger partial charge >= 0.3 is 0 Å². The molecule has 1 aliphatic rings. The van der Waals surface area contributed by atoms with Gasteiger partial charge in [-0.1, -0.05) is 40.0 Å². The fourth-order valence-electron chi connectivity index (χ4n) is 2.78. The van der Waals surface area contributed by atoms with Gasteiger partial charge in [-0.2, -0.15) is 0 Å². The molecular weight excluding hydrogens is 170 g/mol. The van der Waals surface area contributed by atoms with Crippen molar-refractivity contribution in [2.75, 3.05) is 0 Å². The molecule has 1 heteroatoms. The van der Waals surface area contributed by atoms with E-state index in [0.717, 1.165) is 17.8 Å². The molecule has 2 unspecified atom stereocenters. The van der Waals surface area contributed by atoms with E-state index in [9.17, 15) is 0 Å². The van der Waals surface area contributed by atoms with Crippen molar-refractivity contribution in [1.29, 1.82) is 0 Å². The average Bonchev–Trinajstić information content (AvgIpc) is 2.18. The fourth-order valence-corrected chi connectivity index (χ4v) is 2.78. The molecule has 0 bridgehead atoms. The molecule has 2 atom stereocenters. The van der Waals surface area contributed by atoms with Crippen LogP contribution in [0.25, 0.3) is 0 Å². The van der Waals surface area contributed by atoms with E-state index in [0.29, 0.717) is 6.04 Å². The first kappa shape index (κ1) is 12.0. The molecule has 0 radical (unpaired) electrons. The van der Waals surface area contributed by atoms with E-state index >= 15 is 0 Å². The molecule has 0 amide bonds. The Morgan fingerprint density at radius 3 is 2.29 bits per heavy atom. The van der Waals surface area contributed by atoms with E-state index in [4.69, 9.17) is 5.73 Å². The van der Waals surface area contributed by atoms with Crippen LogP contribution in [0.3, 0.4) is 0 Å². The summed E-state index contributed by atoms with van der Waals surface area (Å²) in [5, 5.41) is 0. The van der Waals surface area contributed by atoms with E-state index in [2.05, 4.69) is 20.8 Å². The van der Waals surface area contributed by atoms with Crippen LogP contribution < -0.4 is 5.73 Å². The predicted molar refractivity (Wildman–Crippen MR) is 63.2 cm³/mol. The number of hydrogen-bond donors (Lipinski definition) is 1. The minimum Gasteiger partial charge on any atom is -0.327 e. The lowest BCUT2D eigenvalue weighted by Crippen LogP contribution is -2.38. The molecule has 0 aromatic heterocycles. The third-order valence-electron chi connectivity index (χ3n) is 4.01. The SMILES string of the molecule is CCCC(C)C(N)C1CCC(C)CC1. The Labute approximate surface area is 89.5 Å². The summed E-state index contributed by atoms with van der Waals surface area (Å²) in [6, 6.07) is 0.461.